The van der Waals surface area contributed by atoms with Crippen LogP contribution in [0.3, 0.4) is 0 Å². The maximum absolute atomic E-state index is 4.01. The van der Waals surface area contributed by atoms with Gasteiger partial charge in [0.2, 0.25) is 0 Å². The minimum atomic E-state index is -2.13. The first-order chi connectivity index (χ1) is 21.8. The topological polar surface area (TPSA) is 0 Å². The van der Waals surface area contributed by atoms with Gasteiger partial charge in [0.15, 0.2) is 0 Å². The Labute approximate surface area is 283 Å². The van der Waals surface area contributed by atoms with Crippen molar-refractivity contribution in [3.63, 3.8) is 0 Å². The molecule has 0 saturated heterocycles. The van der Waals surface area contributed by atoms with Crippen LogP contribution in [-0.2, 0) is 0 Å². The van der Waals surface area contributed by atoms with Crippen LogP contribution >= 0.6 is 31.9 Å². The van der Waals surface area contributed by atoms with Crippen LogP contribution in [0.1, 0.15) is 58.3 Å². The zero-order valence-electron chi connectivity index (χ0n) is 26.0. The Morgan fingerprint density at radius 2 is 0.867 bits per heavy atom. The van der Waals surface area contributed by atoms with E-state index in [4.69, 9.17) is 0 Å². The highest BCUT2D eigenvalue weighted by atomic mass is 79.9. The minimum absolute atomic E-state index is 0.384. The van der Waals surface area contributed by atoms with Crippen molar-refractivity contribution in [2.75, 3.05) is 0 Å². The lowest BCUT2D eigenvalue weighted by molar-refractivity contribution is 0.966. The predicted molar refractivity (Wildman–Crippen MR) is 203 cm³/mol. The van der Waals surface area contributed by atoms with E-state index in [1.807, 2.05) is 0 Å². The molecule has 0 radical (unpaired) electrons. The fourth-order valence-corrected chi connectivity index (χ4v) is 14.9. The average Bonchev–Trinajstić information content (AvgIpc) is 3.53. The zero-order chi connectivity index (χ0) is 31.0. The molecule has 0 spiro atoms. The number of benzene rings is 6. The molecule has 6 aromatic carbocycles. The lowest BCUT2D eigenvalue weighted by Gasteiger charge is -2.39. The molecule has 0 saturated carbocycles. The summed E-state index contributed by atoms with van der Waals surface area (Å²) in [5.41, 5.74) is 14.9. The van der Waals surface area contributed by atoms with Gasteiger partial charge in [0.1, 0.15) is 0 Å². The van der Waals surface area contributed by atoms with E-state index in [1.54, 1.807) is 0 Å². The zero-order valence-corrected chi connectivity index (χ0v) is 30.1. The van der Waals surface area contributed by atoms with Crippen molar-refractivity contribution in [3.8, 4) is 0 Å². The smallest absolute Gasteiger partial charge is 0.0679 e. The van der Waals surface area contributed by atoms with Crippen LogP contribution in [0.25, 0.3) is 32.7 Å². The third kappa shape index (κ3) is 4.42. The minimum Gasteiger partial charge on any atom is -0.0679 e. The van der Waals surface area contributed by atoms with Crippen molar-refractivity contribution >= 4 is 72.6 Å². The first-order valence-corrected chi connectivity index (χ1v) is 20.5. The van der Waals surface area contributed by atoms with E-state index in [0.717, 1.165) is 0 Å². The summed E-state index contributed by atoms with van der Waals surface area (Å²) in [5.74, 6) is 0. The van der Waals surface area contributed by atoms with Gasteiger partial charge < -0.3 is 0 Å². The number of halogens is 2. The molecule has 2 aliphatic carbocycles. The fourth-order valence-electron chi connectivity index (χ4n) is 8.76. The largest absolute Gasteiger partial charge is 0.0722 e. The molecule has 0 heterocycles. The van der Waals surface area contributed by atoms with Gasteiger partial charge in [0.05, 0.1) is 8.07 Å². The van der Waals surface area contributed by atoms with E-state index in [2.05, 4.69) is 180 Å². The Hall–Kier alpha value is -3.50. The molecule has 2 aliphatic rings. The summed E-state index contributed by atoms with van der Waals surface area (Å²) in [6.45, 7) is 10.1. The Bertz CT molecular complexity index is 2090. The van der Waals surface area contributed by atoms with Gasteiger partial charge in [-0.2, -0.15) is 0 Å². The highest BCUT2D eigenvalue weighted by Gasteiger charge is 2.50. The monoisotopic (exact) mass is 724 g/mol. The third-order valence-corrected chi connectivity index (χ3v) is 16.2. The average molecular weight is 727 g/mol. The van der Waals surface area contributed by atoms with Crippen LogP contribution in [0.15, 0.2) is 141 Å². The molecule has 0 aromatic heterocycles. The second-order valence-corrected chi connectivity index (χ2v) is 19.8. The van der Waals surface area contributed by atoms with Gasteiger partial charge in [0.25, 0.3) is 0 Å². The van der Waals surface area contributed by atoms with Crippen LogP contribution in [0.4, 0.5) is 0 Å². The Morgan fingerprint density at radius 3 is 1.29 bits per heavy atom. The summed E-state index contributed by atoms with van der Waals surface area (Å²) in [6, 6.07) is 45.1. The Kier molecular flexibility index (Phi) is 6.94. The molecule has 0 bridgehead atoms. The van der Waals surface area contributed by atoms with Crippen molar-refractivity contribution in [3.05, 3.63) is 175 Å². The summed E-state index contributed by atoms with van der Waals surface area (Å²) in [4.78, 5) is 0. The molecule has 0 N–H and O–H groups in total. The second kappa shape index (κ2) is 10.8. The Morgan fingerprint density at radius 1 is 0.467 bits per heavy atom. The van der Waals surface area contributed by atoms with Crippen molar-refractivity contribution in [2.24, 2.45) is 0 Å². The summed E-state index contributed by atoms with van der Waals surface area (Å²) in [5, 5.41) is 5.15. The lowest BCUT2D eigenvalue weighted by Crippen LogP contribution is -2.42. The van der Waals surface area contributed by atoms with E-state index in [0.29, 0.717) is 11.1 Å². The van der Waals surface area contributed by atoms with Gasteiger partial charge in [-0.1, -0.05) is 153 Å². The summed E-state index contributed by atoms with van der Waals surface area (Å²) < 4.78 is 2.38. The number of fused-ring (bicyclic) bond motifs is 4. The maximum Gasteiger partial charge on any atom is 0.0722 e. The molecule has 2 atom stereocenters. The second-order valence-electron chi connectivity index (χ2n) is 13.3. The Balaban J connectivity index is 1.34. The molecule has 220 valence electrons. The van der Waals surface area contributed by atoms with E-state index in [9.17, 15) is 0 Å². The normalized spacial score (nSPS) is 17.8. The molecule has 45 heavy (non-hydrogen) atoms. The number of hydrogen-bond donors (Lipinski definition) is 0. The van der Waals surface area contributed by atoms with Gasteiger partial charge in [-0.15, -0.1) is 0 Å². The van der Waals surface area contributed by atoms with Gasteiger partial charge >= 0.3 is 0 Å². The van der Waals surface area contributed by atoms with Gasteiger partial charge in [-0.3, -0.25) is 0 Å². The number of hydrogen-bond acceptors (Lipinski definition) is 0. The summed E-state index contributed by atoms with van der Waals surface area (Å²) >= 11 is 8.03. The molecule has 0 nitrogen and oxygen atoms in total. The van der Waals surface area contributed by atoms with E-state index in [1.165, 1.54) is 86.2 Å². The molecular weight excluding hydrogens is 692 g/mol. The molecule has 6 aromatic rings. The van der Waals surface area contributed by atoms with Crippen LogP contribution in [-0.4, -0.2) is 8.07 Å². The van der Waals surface area contributed by atoms with Crippen LogP contribution in [0.5, 0.6) is 0 Å². The van der Waals surface area contributed by atoms with Crippen LogP contribution < -0.4 is 0 Å². The van der Waals surface area contributed by atoms with Crippen molar-refractivity contribution < 1.29 is 0 Å². The lowest BCUT2D eigenvalue weighted by atomic mass is 9.95. The van der Waals surface area contributed by atoms with Crippen LogP contribution in [0, 0.1) is 0 Å². The van der Waals surface area contributed by atoms with E-state index < -0.39 is 8.07 Å². The van der Waals surface area contributed by atoms with E-state index in [-0.39, 0.29) is 0 Å². The molecule has 3 heteroatoms. The highest BCUT2D eigenvalue weighted by Crippen LogP contribution is 2.59. The van der Waals surface area contributed by atoms with Gasteiger partial charge in [0, 0.05) is 20.0 Å². The molecule has 0 amide bonds. The molecule has 8 rings (SSSR count). The summed E-state index contributed by atoms with van der Waals surface area (Å²) in [7, 11) is -2.13. The first-order valence-electron chi connectivity index (χ1n) is 15.7. The molecular formula is C42H34Br2Si. The number of rotatable bonds is 4. The maximum atomic E-state index is 4.01. The van der Waals surface area contributed by atoms with Gasteiger partial charge in [-0.05, 0) is 104 Å². The van der Waals surface area contributed by atoms with Gasteiger partial charge in [-0.25, -0.2) is 0 Å². The number of allylic oxidation sites excluding steroid dienone is 2. The quantitative estimate of drug-likeness (QED) is 0.159. The molecule has 0 aliphatic heterocycles. The molecule has 2 unspecified atom stereocenters. The molecule has 0 fully saturated rings. The van der Waals surface area contributed by atoms with Crippen molar-refractivity contribution in [1.29, 1.82) is 0 Å². The van der Waals surface area contributed by atoms with Crippen molar-refractivity contribution in [2.45, 2.75) is 38.0 Å². The van der Waals surface area contributed by atoms with Crippen molar-refractivity contribution in [1.82, 2.24) is 0 Å². The highest BCUT2D eigenvalue weighted by molar-refractivity contribution is 9.10. The van der Waals surface area contributed by atoms with Crippen LogP contribution in [0.2, 0.25) is 13.1 Å². The third-order valence-electron chi connectivity index (χ3n) is 10.4. The fraction of sp³-hybridized carbons (Fsp3) is 0.143. The summed E-state index contributed by atoms with van der Waals surface area (Å²) in [6.07, 6.45) is 0. The SMILES string of the molecule is CC1=C(c2ccc3ccccc3c2)c2c(Br)cccc2C1[Si](C)(C)C1C(C)=C(c2ccc3ccccc3c2)c2c(Br)cccc21. The predicted octanol–water partition coefficient (Wildman–Crippen LogP) is 12.8. The standard InChI is InChI=1S/C42H34Br2Si/c1-25-37(31-21-19-27-11-5-7-13-29(27)23-31)39-33(15-9-17-35(39)43)41(25)45(3,4)42-26(2)38(40-34(42)16-10-18-36(40)44)32-22-20-28-12-6-8-14-30(28)24-32/h5-24,41-42H,1-4H3. The van der Waals surface area contributed by atoms with E-state index >= 15 is 0 Å². The first kappa shape index (κ1) is 28.9.